The molecular formula is C12H19F3N2. The van der Waals surface area contributed by atoms with Crippen molar-refractivity contribution < 1.29 is 13.2 Å². The maximum Gasteiger partial charge on any atom is 0.391 e. The molecule has 0 aliphatic heterocycles. The maximum atomic E-state index is 12.5. The van der Waals surface area contributed by atoms with Crippen molar-refractivity contribution >= 4 is 0 Å². The molecule has 0 aromatic rings. The predicted octanol–water partition coefficient (Wildman–Crippen LogP) is 2.60. The van der Waals surface area contributed by atoms with Gasteiger partial charge in [0.25, 0.3) is 0 Å². The number of nitrogens with one attached hydrogen (secondary N) is 1. The van der Waals surface area contributed by atoms with E-state index in [0.29, 0.717) is 19.3 Å². The lowest BCUT2D eigenvalue weighted by molar-refractivity contribution is -0.184. The van der Waals surface area contributed by atoms with Crippen molar-refractivity contribution in [1.29, 1.82) is 0 Å². The van der Waals surface area contributed by atoms with Crippen molar-refractivity contribution in [3.05, 3.63) is 0 Å². The average Bonchev–Trinajstić information content (AvgIpc) is 2.29. The van der Waals surface area contributed by atoms with Crippen molar-refractivity contribution in [2.75, 3.05) is 0 Å². The van der Waals surface area contributed by atoms with Gasteiger partial charge in [-0.3, -0.25) is 11.3 Å². The van der Waals surface area contributed by atoms with E-state index in [1.54, 1.807) is 0 Å². The third kappa shape index (κ3) is 4.21. The summed E-state index contributed by atoms with van der Waals surface area (Å²) in [6.07, 6.45) is 4.03. The quantitative estimate of drug-likeness (QED) is 0.456. The van der Waals surface area contributed by atoms with Crippen LogP contribution in [0.4, 0.5) is 13.2 Å². The van der Waals surface area contributed by atoms with Gasteiger partial charge < -0.3 is 0 Å². The first-order valence-corrected chi connectivity index (χ1v) is 5.95. The summed E-state index contributed by atoms with van der Waals surface area (Å²) in [4.78, 5) is 0. The molecule has 2 nitrogen and oxygen atoms in total. The van der Waals surface area contributed by atoms with Gasteiger partial charge in [0.2, 0.25) is 0 Å². The molecular weight excluding hydrogens is 229 g/mol. The van der Waals surface area contributed by atoms with E-state index in [-0.39, 0.29) is 24.8 Å². The van der Waals surface area contributed by atoms with Crippen LogP contribution in [0.25, 0.3) is 0 Å². The minimum atomic E-state index is -4.05. The van der Waals surface area contributed by atoms with Crippen molar-refractivity contribution in [3.63, 3.8) is 0 Å². The highest BCUT2D eigenvalue weighted by Gasteiger charge is 2.42. The van der Waals surface area contributed by atoms with E-state index in [1.807, 2.05) is 0 Å². The Balaban J connectivity index is 2.42. The van der Waals surface area contributed by atoms with Gasteiger partial charge in [0.15, 0.2) is 0 Å². The normalized spacial score (nSPS) is 27.5. The number of terminal acetylenes is 1. The summed E-state index contributed by atoms with van der Waals surface area (Å²) >= 11 is 0. The second-order valence-electron chi connectivity index (χ2n) is 4.67. The molecule has 0 aromatic heterocycles. The van der Waals surface area contributed by atoms with Crippen molar-refractivity contribution in [2.24, 2.45) is 17.7 Å². The molecule has 1 fully saturated rings. The number of hydrogen-bond acceptors (Lipinski definition) is 2. The number of halogens is 3. The lowest BCUT2D eigenvalue weighted by Gasteiger charge is -2.34. The molecule has 0 radical (unpaired) electrons. The molecule has 1 aliphatic rings. The SMILES string of the molecule is C#CCCC(NN)C1CCC(C(F)(F)F)CC1. The van der Waals surface area contributed by atoms with Crippen LogP contribution in [0.3, 0.4) is 0 Å². The molecule has 0 spiro atoms. The van der Waals surface area contributed by atoms with Crippen LogP contribution in [0, 0.1) is 24.2 Å². The first kappa shape index (κ1) is 14.3. The number of rotatable bonds is 4. The zero-order valence-electron chi connectivity index (χ0n) is 9.76. The molecule has 0 amide bonds. The fraction of sp³-hybridized carbons (Fsp3) is 0.833. The van der Waals surface area contributed by atoms with Gasteiger partial charge in [-0.2, -0.15) is 13.2 Å². The summed E-state index contributed by atoms with van der Waals surface area (Å²) in [6.45, 7) is 0. The van der Waals surface area contributed by atoms with Gasteiger partial charge >= 0.3 is 6.18 Å². The number of hydrazine groups is 1. The minimum Gasteiger partial charge on any atom is -0.271 e. The Bertz CT molecular complexity index is 262. The molecule has 0 heterocycles. The van der Waals surface area contributed by atoms with E-state index in [2.05, 4.69) is 11.3 Å². The number of hydrogen-bond donors (Lipinski definition) is 2. The van der Waals surface area contributed by atoms with E-state index in [0.717, 1.165) is 6.42 Å². The summed E-state index contributed by atoms with van der Waals surface area (Å²) in [5, 5.41) is 0. The lowest BCUT2D eigenvalue weighted by Crippen LogP contribution is -2.43. The van der Waals surface area contributed by atoms with E-state index in [4.69, 9.17) is 12.3 Å². The van der Waals surface area contributed by atoms with Gasteiger partial charge in [-0.15, -0.1) is 12.3 Å². The fourth-order valence-electron chi connectivity index (χ4n) is 2.54. The van der Waals surface area contributed by atoms with Gasteiger partial charge in [0.05, 0.1) is 5.92 Å². The molecule has 3 N–H and O–H groups in total. The van der Waals surface area contributed by atoms with Gasteiger partial charge in [-0.1, -0.05) is 0 Å². The monoisotopic (exact) mass is 248 g/mol. The Hall–Kier alpha value is -0.730. The Morgan fingerprint density at radius 3 is 2.29 bits per heavy atom. The summed E-state index contributed by atoms with van der Waals surface area (Å²) in [7, 11) is 0. The first-order valence-electron chi connectivity index (χ1n) is 5.95. The van der Waals surface area contributed by atoms with E-state index in [1.165, 1.54) is 0 Å². The highest BCUT2D eigenvalue weighted by Crippen LogP contribution is 2.40. The van der Waals surface area contributed by atoms with Gasteiger partial charge in [-0.25, -0.2) is 0 Å². The van der Waals surface area contributed by atoms with E-state index < -0.39 is 12.1 Å². The van der Waals surface area contributed by atoms with Crippen LogP contribution in [-0.4, -0.2) is 12.2 Å². The molecule has 1 atom stereocenters. The van der Waals surface area contributed by atoms with E-state index >= 15 is 0 Å². The fourth-order valence-corrected chi connectivity index (χ4v) is 2.54. The molecule has 0 aromatic carbocycles. The molecule has 5 heteroatoms. The van der Waals surface area contributed by atoms with Crippen LogP contribution in [0.5, 0.6) is 0 Å². The third-order valence-corrected chi connectivity index (χ3v) is 3.62. The molecule has 17 heavy (non-hydrogen) atoms. The summed E-state index contributed by atoms with van der Waals surface area (Å²) < 4.78 is 37.5. The second kappa shape index (κ2) is 6.27. The summed E-state index contributed by atoms with van der Waals surface area (Å²) in [5.41, 5.74) is 2.68. The first-order chi connectivity index (χ1) is 7.99. The van der Waals surface area contributed by atoms with Crippen LogP contribution in [0.1, 0.15) is 38.5 Å². The molecule has 1 unspecified atom stereocenters. The standard InChI is InChI=1S/C12H19F3N2/c1-2-3-4-11(17-16)9-5-7-10(8-6-9)12(13,14)15/h1,9-11,17H,3-8,16H2. The van der Waals surface area contributed by atoms with E-state index in [9.17, 15) is 13.2 Å². The highest BCUT2D eigenvalue weighted by atomic mass is 19.4. The van der Waals surface area contributed by atoms with Crippen LogP contribution in [0.15, 0.2) is 0 Å². The molecule has 1 saturated carbocycles. The Kier molecular flexibility index (Phi) is 5.29. The minimum absolute atomic E-state index is 0.0419. The van der Waals surface area contributed by atoms with Crippen LogP contribution < -0.4 is 11.3 Å². The molecule has 0 saturated heterocycles. The zero-order valence-corrected chi connectivity index (χ0v) is 9.76. The largest absolute Gasteiger partial charge is 0.391 e. The maximum absolute atomic E-state index is 12.5. The van der Waals surface area contributed by atoms with Crippen molar-refractivity contribution in [2.45, 2.75) is 50.7 Å². The number of nitrogens with two attached hydrogens (primary N) is 1. The highest BCUT2D eigenvalue weighted by molar-refractivity contribution is 4.89. The third-order valence-electron chi connectivity index (χ3n) is 3.62. The van der Waals surface area contributed by atoms with Crippen molar-refractivity contribution in [3.8, 4) is 12.3 Å². The molecule has 0 bridgehead atoms. The lowest BCUT2D eigenvalue weighted by atomic mass is 9.77. The van der Waals surface area contributed by atoms with Gasteiger partial charge in [0.1, 0.15) is 0 Å². The van der Waals surface area contributed by atoms with Gasteiger partial charge in [-0.05, 0) is 38.0 Å². The Morgan fingerprint density at radius 2 is 1.88 bits per heavy atom. The zero-order chi connectivity index (χ0) is 12.9. The summed E-state index contributed by atoms with van der Waals surface area (Å²) in [6, 6.07) is 0.0419. The Morgan fingerprint density at radius 1 is 1.29 bits per heavy atom. The topological polar surface area (TPSA) is 38.0 Å². The Labute approximate surface area is 100 Å². The van der Waals surface area contributed by atoms with Crippen LogP contribution in [-0.2, 0) is 0 Å². The summed E-state index contributed by atoms with van der Waals surface area (Å²) in [5.74, 6) is 7.03. The van der Waals surface area contributed by atoms with Crippen molar-refractivity contribution in [1.82, 2.24) is 5.43 Å². The van der Waals surface area contributed by atoms with Gasteiger partial charge in [0, 0.05) is 12.5 Å². The smallest absolute Gasteiger partial charge is 0.271 e. The van der Waals surface area contributed by atoms with Crippen LogP contribution in [0.2, 0.25) is 0 Å². The molecule has 1 aliphatic carbocycles. The number of alkyl halides is 3. The van der Waals surface area contributed by atoms with Crippen LogP contribution >= 0.6 is 0 Å². The average molecular weight is 248 g/mol. The molecule has 98 valence electrons. The predicted molar refractivity (Wildman–Crippen MR) is 60.7 cm³/mol. The second-order valence-corrected chi connectivity index (χ2v) is 4.67. The molecule has 1 rings (SSSR count).